The number of hydrogen-bond donors (Lipinski definition) is 1. The molecule has 1 saturated carbocycles. The summed E-state index contributed by atoms with van der Waals surface area (Å²) < 4.78 is 0. The summed E-state index contributed by atoms with van der Waals surface area (Å²) in [6.45, 7) is 8.98. The van der Waals surface area contributed by atoms with Gasteiger partial charge in [0, 0.05) is 30.5 Å². The molecule has 0 aromatic heterocycles. The summed E-state index contributed by atoms with van der Waals surface area (Å²) >= 11 is 0. The molecule has 3 aliphatic carbocycles. The smallest absolute Gasteiger partial charge is 0.312 e. The Balaban J connectivity index is 1.56. The number of fused-ring (bicyclic) bond motifs is 1. The summed E-state index contributed by atoms with van der Waals surface area (Å²) in [7, 11) is 0. The zero-order valence-corrected chi connectivity index (χ0v) is 17.5. The maximum atomic E-state index is 13.5. The molecule has 154 valence electrons. The van der Waals surface area contributed by atoms with Gasteiger partial charge in [0.1, 0.15) is 0 Å². The van der Waals surface area contributed by atoms with Gasteiger partial charge in [-0.05, 0) is 47.4 Å². The summed E-state index contributed by atoms with van der Waals surface area (Å²) in [6, 6.07) is 16.0. The highest BCUT2D eigenvalue weighted by molar-refractivity contribution is 6.19. The van der Waals surface area contributed by atoms with Crippen molar-refractivity contribution in [3.05, 3.63) is 77.4 Å². The number of nitrogens with zero attached hydrogens (tertiary/aromatic N) is 1. The molecular formula is C26H27NO3. The van der Waals surface area contributed by atoms with Crippen molar-refractivity contribution in [1.29, 1.82) is 0 Å². The first kappa shape index (κ1) is 19.1. The van der Waals surface area contributed by atoms with Crippen LogP contribution in [0.15, 0.2) is 55.1 Å². The van der Waals surface area contributed by atoms with E-state index in [0.717, 1.165) is 29.5 Å². The molecule has 2 aromatic carbocycles. The number of carbonyl (C=O) groups is 2. The van der Waals surface area contributed by atoms with Crippen molar-refractivity contribution in [1.82, 2.24) is 4.90 Å². The van der Waals surface area contributed by atoms with E-state index >= 15 is 0 Å². The third-order valence-corrected chi connectivity index (χ3v) is 8.19. The molecule has 4 atom stereocenters. The number of rotatable bonds is 3. The van der Waals surface area contributed by atoms with Gasteiger partial charge in [-0.3, -0.25) is 9.59 Å². The highest BCUT2D eigenvalue weighted by atomic mass is 16.4. The number of carboxylic acid groups (broad SMARTS) is 1. The van der Waals surface area contributed by atoms with E-state index in [0.29, 0.717) is 12.1 Å². The fourth-order valence-corrected chi connectivity index (χ4v) is 6.69. The first-order valence-electron chi connectivity index (χ1n) is 10.7. The van der Waals surface area contributed by atoms with Crippen LogP contribution in [0.2, 0.25) is 0 Å². The molecule has 1 saturated heterocycles. The first-order chi connectivity index (χ1) is 14.3. The summed E-state index contributed by atoms with van der Waals surface area (Å²) in [5.41, 5.74) is 3.56. The number of benzene rings is 2. The van der Waals surface area contributed by atoms with Crippen molar-refractivity contribution in [2.45, 2.75) is 38.0 Å². The molecule has 2 bridgehead atoms. The highest BCUT2D eigenvalue weighted by Gasteiger charge is 2.69. The monoisotopic (exact) mass is 401 g/mol. The van der Waals surface area contributed by atoms with E-state index in [1.165, 1.54) is 5.56 Å². The summed E-state index contributed by atoms with van der Waals surface area (Å²) in [5, 5.41) is 10.5. The Bertz CT molecular complexity index is 1090. The molecule has 1 heterocycles. The number of carboxylic acids is 1. The Labute approximate surface area is 177 Å². The van der Waals surface area contributed by atoms with E-state index in [-0.39, 0.29) is 29.7 Å². The van der Waals surface area contributed by atoms with Crippen molar-refractivity contribution >= 4 is 17.4 Å². The van der Waals surface area contributed by atoms with Crippen LogP contribution in [-0.4, -0.2) is 35.0 Å². The Morgan fingerprint density at radius 1 is 1.13 bits per heavy atom. The number of aryl methyl sites for hydroxylation is 1. The minimum atomic E-state index is -0.928. The van der Waals surface area contributed by atoms with Crippen LogP contribution in [0.5, 0.6) is 0 Å². The zero-order chi connectivity index (χ0) is 21.3. The molecule has 4 heteroatoms. The second-order valence-electron chi connectivity index (χ2n) is 9.47. The fraction of sp³-hybridized carbons (Fsp3) is 0.385. The Kier molecular flexibility index (Phi) is 4.02. The molecule has 1 N–H and O–H groups in total. The third kappa shape index (κ3) is 2.28. The van der Waals surface area contributed by atoms with Crippen LogP contribution in [0.3, 0.4) is 0 Å². The first-order valence-corrected chi connectivity index (χ1v) is 10.7. The average Bonchev–Trinajstić information content (AvgIpc) is 3.18. The van der Waals surface area contributed by atoms with E-state index in [1.807, 2.05) is 43.3 Å². The van der Waals surface area contributed by atoms with Gasteiger partial charge in [0.15, 0.2) is 0 Å². The molecule has 4 unspecified atom stereocenters. The molecule has 4 aliphatic rings. The lowest BCUT2D eigenvalue weighted by atomic mass is 9.44. The minimum Gasteiger partial charge on any atom is -0.481 e. The van der Waals surface area contributed by atoms with E-state index in [9.17, 15) is 14.7 Å². The number of carbonyl (C=O) groups excluding carboxylic acids is 1. The summed E-state index contributed by atoms with van der Waals surface area (Å²) in [5.74, 6) is -1.06. The normalized spacial score (nSPS) is 31.2. The molecule has 2 fully saturated rings. The van der Waals surface area contributed by atoms with Gasteiger partial charge in [0.25, 0.3) is 5.91 Å². The van der Waals surface area contributed by atoms with Gasteiger partial charge in [-0.2, -0.15) is 0 Å². The van der Waals surface area contributed by atoms with Crippen LogP contribution in [0.25, 0.3) is 5.57 Å². The number of amides is 1. The maximum absolute atomic E-state index is 13.5. The number of aliphatic carboxylic acids is 1. The van der Waals surface area contributed by atoms with E-state index in [2.05, 4.69) is 25.6 Å². The lowest BCUT2D eigenvalue weighted by Crippen LogP contribution is -2.58. The standard InChI is InChI=1S/C26H27NO3/c1-16-8-4-5-9-18(16)17(2)23(28)27-14-22-25(3)13-12-21(26(22,15-27)24(29)30)19-10-6-7-11-20(19)25/h4-11,21-22H,2,12-15H2,1,3H3,(H,29,30). The van der Waals surface area contributed by atoms with Crippen molar-refractivity contribution < 1.29 is 14.7 Å². The number of likely N-dealkylation sites (tertiary alicyclic amines) is 1. The van der Waals surface area contributed by atoms with Crippen molar-refractivity contribution in [3.63, 3.8) is 0 Å². The molecular weight excluding hydrogens is 374 g/mol. The molecule has 2 aromatic rings. The van der Waals surface area contributed by atoms with Crippen molar-refractivity contribution in [2.24, 2.45) is 11.3 Å². The molecule has 0 spiro atoms. The molecule has 1 amide bonds. The SMILES string of the molecule is C=C(C(=O)N1CC2C3(C)CCC(c4ccccc43)C2(C(=O)O)C1)c1ccccc1C. The quantitative estimate of drug-likeness (QED) is 0.776. The Hall–Kier alpha value is -2.88. The van der Waals surface area contributed by atoms with Gasteiger partial charge in [-0.15, -0.1) is 0 Å². The molecule has 4 nitrogen and oxygen atoms in total. The van der Waals surface area contributed by atoms with Crippen molar-refractivity contribution in [2.75, 3.05) is 13.1 Å². The summed E-state index contributed by atoms with van der Waals surface area (Å²) in [6.07, 6.45) is 1.83. The molecule has 1 aliphatic heterocycles. The predicted octanol–water partition coefficient (Wildman–Crippen LogP) is 4.39. The Morgan fingerprint density at radius 2 is 1.83 bits per heavy atom. The fourth-order valence-electron chi connectivity index (χ4n) is 6.69. The topological polar surface area (TPSA) is 57.6 Å². The molecule has 6 rings (SSSR count). The van der Waals surface area contributed by atoms with Crippen LogP contribution < -0.4 is 0 Å². The van der Waals surface area contributed by atoms with Crippen LogP contribution in [0.4, 0.5) is 0 Å². The molecule has 30 heavy (non-hydrogen) atoms. The van der Waals surface area contributed by atoms with E-state index < -0.39 is 11.4 Å². The largest absolute Gasteiger partial charge is 0.481 e. The molecule has 0 radical (unpaired) electrons. The maximum Gasteiger partial charge on any atom is 0.312 e. The van der Waals surface area contributed by atoms with Gasteiger partial charge in [-0.1, -0.05) is 62.0 Å². The lowest BCUT2D eigenvalue weighted by Gasteiger charge is -2.57. The van der Waals surface area contributed by atoms with Gasteiger partial charge in [0.05, 0.1) is 5.41 Å². The highest BCUT2D eigenvalue weighted by Crippen LogP contribution is 2.67. The zero-order valence-electron chi connectivity index (χ0n) is 17.5. The van der Waals surface area contributed by atoms with Gasteiger partial charge in [0.2, 0.25) is 0 Å². The average molecular weight is 402 g/mol. The Morgan fingerprint density at radius 3 is 2.57 bits per heavy atom. The van der Waals surface area contributed by atoms with Gasteiger partial charge in [-0.25, -0.2) is 0 Å². The van der Waals surface area contributed by atoms with Gasteiger partial charge < -0.3 is 10.0 Å². The van der Waals surface area contributed by atoms with Crippen LogP contribution in [0, 0.1) is 18.3 Å². The van der Waals surface area contributed by atoms with E-state index in [1.54, 1.807) is 4.90 Å². The summed E-state index contributed by atoms with van der Waals surface area (Å²) in [4.78, 5) is 28.0. The van der Waals surface area contributed by atoms with Gasteiger partial charge >= 0.3 is 5.97 Å². The minimum absolute atomic E-state index is 0.0532. The van der Waals surface area contributed by atoms with Crippen LogP contribution >= 0.6 is 0 Å². The van der Waals surface area contributed by atoms with Crippen molar-refractivity contribution in [3.8, 4) is 0 Å². The lowest BCUT2D eigenvalue weighted by molar-refractivity contribution is -0.158. The van der Waals surface area contributed by atoms with E-state index in [4.69, 9.17) is 0 Å². The second kappa shape index (κ2) is 6.31. The third-order valence-electron chi connectivity index (χ3n) is 8.19. The predicted molar refractivity (Wildman–Crippen MR) is 116 cm³/mol. The number of hydrogen-bond acceptors (Lipinski definition) is 2. The second-order valence-corrected chi connectivity index (χ2v) is 9.47. The van der Waals surface area contributed by atoms with Crippen LogP contribution in [-0.2, 0) is 15.0 Å². The van der Waals surface area contributed by atoms with Crippen LogP contribution in [0.1, 0.15) is 47.9 Å².